The van der Waals surface area contributed by atoms with Crippen LogP contribution < -0.4 is 0 Å². The van der Waals surface area contributed by atoms with Gasteiger partial charge < -0.3 is 9.16 Å². The van der Waals surface area contributed by atoms with E-state index in [1.807, 2.05) is 6.92 Å². The largest absolute Gasteiger partial charge is 0.410 e. The van der Waals surface area contributed by atoms with E-state index in [1.165, 1.54) is 0 Å². The monoisotopic (exact) mass is 378 g/mol. The van der Waals surface area contributed by atoms with Gasteiger partial charge in [0.05, 0.1) is 6.10 Å². The summed E-state index contributed by atoms with van der Waals surface area (Å²) in [6, 6.07) is 0. The SMILES string of the molecule is C/C=C/[C@@H]1OC1/C=C\C[C@H](C)C(C)(C)[C@H](/C=C/C)O[Si](C)(C)C(C)(C)C. The Kier molecular flexibility index (Phi) is 8.13. The Morgan fingerprint density at radius 1 is 1.00 bits per heavy atom. The van der Waals surface area contributed by atoms with Crippen molar-refractivity contribution in [2.24, 2.45) is 11.3 Å². The molecule has 0 aliphatic carbocycles. The van der Waals surface area contributed by atoms with Crippen LogP contribution in [0.25, 0.3) is 0 Å². The van der Waals surface area contributed by atoms with E-state index in [4.69, 9.17) is 9.16 Å². The van der Waals surface area contributed by atoms with Crippen molar-refractivity contribution < 1.29 is 9.16 Å². The molecule has 4 atom stereocenters. The summed E-state index contributed by atoms with van der Waals surface area (Å²) in [5.41, 5.74) is 0.0689. The smallest absolute Gasteiger partial charge is 0.192 e. The molecule has 1 rings (SSSR count). The van der Waals surface area contributed by atoms with E-state index in [0.29, 0.717) is 5.92 Å². The molecule has 26 heavy (non-hydrogen) atoms. The van der Waals surface area contributed by atoms with Crippen LogP contribution in [0.4, 0.5) is 0 Å². The Morgan fingerprint density at radius 2 is 1.58 bits per heavy atom. The molecule has 1 aliphatic heterocycles. The Labute approximate surface area is 163 Å². The second kappa shape index (κ2) is 9.03. The fourth-order valence-corrected chi connectivity index (χ4v) is 4.12. The lowest BCUT2D eigenvalue weighted by Gasteiger charge is -2.45. The molecule has 3 heteroatoms. The number of ether oxygens (including phenoxy) is 1. The van der Waals surface area contributed by atoms with Gasteiger partial charge in [0.1, 0.15) is 12.2 Å². The van der Waals surface area contributed by atoms with Gasteiger partial charge in [-0.1, -0.05) is 78.0 Å². The van der Waals surface area contributed by atoms with E-state index in [0.717, 1.165) is 6.42 Å². The minimum atomic E-state index is -1.82. The molecule has 1 unspecified atom stereocenters. The molecular formula is C23H42O2Si. The molecule has 1 saturated heterocycles. The van der Waals surface area contributed by atoms with Gasteiger partial charge in [-0.05, 0) is 49.7 Å². The predicted octanol–water partition coefficient (Wildman–Crippen LogP) is 6.91. The zero-order valence-corrected chi connectivity index (χ0v) is 19.8. The highest BCUT2D eigenvalue weighted by atomic mass is 28.4. The first-order valence-corrected chi connectivity index (χ1v) is 13.0. The highest BCUT2D eigenvalue weighted by Crippen LogP contribution is 2.43. The zero-order chi connectivity index (χ0) is 20.2. The first-order chi connectivity index (χ1) is 11.9. The van der Waals surface area contributed by atoms with Crippen LogP contribution in [-0.2, 0) is 9.16 Å². The quantitative estimate of drug-likeness (QED) is 0.247. The molecule has 0 aromatic carbocycles. The fraction of sp³-hybridized carbons (Fsp3) is 0.739. The summed E-state index contributed by atoms with van der Waals surface area (Å²) in [5, 5.41) is 0.219. The van der Waals surface area contributed by atoms with Crippen LogP contribution >= 0.6 is 0 Å². The van der Waals surface area contributed by atoms with Crippen LogP contribution in [-0.4, -0.2) is 26.6 Å². The van der Waals surface area contributed by atoms with Crippen LogP contribution in [0.15, 0.2) is 36.5 Å². The third-order valence-corrected chi connectivity index (χ3v) is 10.8. The van der Waals surface area contributed by atoms with Crippen molar-refractivity contribution in [3.8, 4) is 0 Å². The molecule has 1 heterocycles. The van der Waals surface area contributed by atoms with Crippen LogP contribution in [0.1, 0.15) is 61.8 Å². The van der Waals surface area contributed by atoms with Crippen LogP contribution in [0.2, 0.25) is 18.1 Å². The number of allylic oxidation sites excluding steroid dienone is 3. The first kappa shape index (κ1) is 23.4. The van der Waals surface area contributed by atoms with Crippen molar-refractivity contribution in [1.82, 2.24) is 0 Å². The molecule has 0 amide bonds. The maximum atomic E-state index is 6.81. The maximum Gasteiger partial charge on any atom is 0.192 e. The van der Waals surface area contributed by atoms with Gasteiger partial charge >= 0.3 is 0 Å². The molecule has 0 aromatic rings. The number of epoxide rings is 1. The summed E-state index contributed by atoms with van der Waals surface area (Å²) in [6.45, 7) is 22.8. The second-order valence-electron chi connectivity index (χ2n) is 9.80. The lowest BCUT2D eigenvalue weighted by Crippen LogP contribution is -2.48. The van der Waals surface area contributed by atoms with E-state index < -0.39 is 8.32 Å². The van der Waals surface area contributed by atoms with E-state index in [1.54, 1.807) is 0 Å². The van der Waals surface area contributed by atoms with Gasteiger partial charge in [-0.2, -0.15) is 0 Å². The molecule has 0 bridgehead atoms. The van der Waals surface area contributed by atoms with Crippen molar-refractivity contribution in [2.45, 2.75) is 98.3 Å². The van der Waals surface area contributed by atoms with Gasteiger partial charge in [0, 0.05) is 0 Å². The summed E-state index contributed by atoms with van der Waals surface area (Å²) in [6.07, 6.45) is 14.8. The molecule has 0 aromatic heterocycles. The Bertz CT molecular complexity index is 523. The number of hydrogen-bond acceptors (Lipinski definition) is 2. The lowest BCUT2D eigenvalue weighted by atomic mass is 9.73. The highest BCUT2D eigenvalue weighted by Gasteiger charge is 2.43. The predicted molar refractivity (Wildman–Crippen MR) is 117 cm³/mol. The van der Waals surface area contributed by atoms with Crippen molar-refractivity contribution in [1.29, 1.82) is 0 Å². The fourth-order valence-electron chi connectivity index (χ4n) is 2.74. The molecule has 0 radical (unpaired) electrons. The molecule has 0 saturated carbocycles. The van der Waals surface area contributed by atoms with E-state index in [9.17, 15) is 0 Å². The minimum Gasteiger partial charge on any atom is -0.410 e. The van der Waals surface area contributed by atoms with E-state index in [2.05, 4.69) is 98.0 Å². The molecule has 0 N–H and O–H groups in total. The highest BCUT2D eigenvalue weighted by molar-refractivity contribution is 6.74. The average Bonchev–Trinajstić information content (AvgIpc) is 3.23. The summed E-state index contributed by atoms with van der Waals surface area (Å²) in [4.78, 5) is 0. The Hall–Kier alpha value is -0.643. The summed E-state index contributed by atoms with van der Waals surface area (Å²) in [7, 11) is -1.82. The summed E-state index contributed by atoms with van der Waals surface area (Å²) >= 11 is 0. The lowest BCUT2D eigenvalue weighted by molar-refractivity contribution is 0.0554. The molecule has 2 nitrogen and oxygen atoms in total. The van der Waals surface area contributed by atoms with Crippen molar-refractivity contribution in [2.75, 3.05) is 0 Å². The third kappa shape index (κ3) is 6.21. The first-order valence-electron chi connectivity index (χ1n) is 10.1. The van der Waals surface area contributed by atoms with Gasteiger partial charge in [0.15, 0.2) is 8.32 Å². The Morgan fingerprint density at radius 3 is 2.08 bits per heavy atom. The van der Waals surface area contributed by atoms with Gasteiger partial charge in [-0.3, -0.25) is 0 Å². The zero-order valence-electron chi connectivity index (χ0n) is 18.8. The third-order valence-electron chi connectivity index (χ3n) is 6.36. The molecule has 1 aliphatic rings. The van der Waals surface area contributed by atoms with Gasteiger partial charge in [0.2, 0.25) is 0 Å². The van der Waals surface area contributed by atoms with Crippen molar-refractivity contribution >= 4 is 8.32 Å². The Balaban J connectivity index is 2.77. The molecule has 1 fully saturated rings. The van der Waals surface area contributed by atoms with Crippen LogP contribution in [0.3, 0.4) is 0 Å². The van der Waals surface area contributed by atoms with E-state index in [-0.39, 0.29) is 28.8 Å². The second-order valence-corrected chi connectivity index (χ2v) is 14.6. The standard InChI is InChI=1S/C23H42O2Si/c1-11-14-19-20(24-19)17-13-16-18(3)23(7,8)21(15-12-2)25-26(9,10)22(4,5)6/h11-15,17-21H,16H2,1-10H3/b14-11+,15-12+,17-13-/t18-,19-,20?,21-/m0/s1. The van der Waals surface area contributed by atoms with Gasteiger partial charge in [-0.15, -0.1) is 0 Å². The molecule has 0 spiro atoms. The van der Waals surface area contributed by atoms with E-state index >= 15 is 0 Å². The topological polar surface area (TPSA) is 21.8 Å². The summed E-state index contributed by atoms with van der Waals surface area (Å²) in [5.74, 6) is 0.517. The summed E-state index contributed by atoms with van der Waals surface area (Å²) < 4.78 is 12.4. The van der Waals surface area contributed by atoms with Crippen LogP contribution in [0.5, 0.6) is 0 Å². The average molecular weight is 379 g/mol. The normalized spacial score (nSPS) is 24.7. The number of rotatable bonds is 9. The van der Waals surface area contributed by atoms with Crippen molar-refractivity contribution in [3.63, 3.8) is 0 Å². The molecule has 150 valence electrons. The maximum absolute atomic E-state index is 6.81. The van der Waals surface area contributed by atoms with Gasteiger partial charge in [0.25, 0.3) is 0 Å². The molecular weight excluding hydrogens is 336 g/mol. The van der Waals surface area contributed by atoms with Gasteiger partial charge in [-0.25, -0.2) is 0 Å². The number of hydrogen-bond donors (Lipinski definition) is 0. The minimum absolute atomic E-state index is 0.0689. The van der Waals surface area contributed by atoms with Crippen molar-refractivity contribution in [3.05, 3.63) is 36.5 Å². The van der Waals surface area contributed by atoms with Crippen LogP contribution in [0, 0.1) is 11.3 Å².